The summed E-state index contributed by atoms with van der Waals surface area (Å²) in [6, 6.07) is 21.3. The molecule has 1 aromatic heterocycles. The Hall–Kier alpha value is -4.55. The number of carboxylic acid groups (broad SMARTS) is 1. The van der Waals surface area contributed by atoms with E-state index >= 15 is 4.39 Å². The molecule has 1 spiro atoms. The van der Waals surface area contributed by atoms with Crippen LogP contribution in [0.15, 0.2) is 88.5 Å². The predicted octanol–water partition coefficient (Wildman–Crippen LogP) is 5.89. The number of aromatic nitrogens is 2. The summed E-state index contributed by atoms with van der Waals surface area (Å²) in [5.74, 6) is -2.03. The van der Waals surface area contributed by atoms with Crippen molar-refractivity contribution in [3.8, 4) is 0 Å². The Bertz CT molecular complexity index is 1930. The van der Waals surface area contributed by atoms with Gasteiger partial charge in [-0.3, -0.25) is 23.6 Å². The topological polar surface area (TPSA) is 96.6 Å². The van der Waals surface area contributed by atoms with Gasteiger partial charge in [-0.1, -0.05) is 66.7 Å². The average molecular weight is 693 g/mol. The predicted molar refractivity (Wildman–Crippen MR) is 180 cm³/mol. The summed E-state index contributed by atoms with van der Waals surface area (Å²) < 4.78 is 59.9. The lowest BCUT2D eigenvalue weighted by molar-refractivity contribution is -0.138. The molecular formula is C38H40F4N4O4. The number of piperidine rings is 1. The minimum absolute atomic E-state index is 0.0753. The summed E-state index contributed by atoms with van der Waals surface area (Å²) in [7, 11) is 0. The van der Waals surface area contributed by atoms with Gasteiger partial charge in [0.2, 0.25) is 0 Å². The number of alkyl halides is 3. The van der Waals surface area contributed by atoms with E-state index in [1.54, 1.807) is 12.1 Å². The first-order valence-corrected chi connectivity index (χ1v) is 16.9. The molecule has 1 atom stereocenters. The highest BCUT2D eigenvalue weighted by Gasteiger charge is 2.46. The Morgan fingerprint density at radius 1 is 0.880 bits per heavy atom. The van der Waals surface area contributed by atoms with Crippen molar-refractivity contribution in [2.24, 2.45) is 0 Å². The zero-order valence-electron chi connectivity index (χ0n) is 27.6. The number of hydrogen-bond acceptors (Lipinski definition) is 5. The summed E-state index contributed by atoms with van der Waals surface area (Å²) >= 11 is 0. The van der Waals surface area contributed by atoms with Gasteiger partial charge in [0.15, 0.2) is 0 Å². The van der Waals surface area contributed by atoms with E-state index in [4.69, 9.17) is 5.11 Å². The largest absolute Gasteiger partial charge is 0.481 e. The molecule has 1 aliphatic carbocycles. The summed E-state index contributed by atoms with van der Waals surface area (Å²) in [5, 5.41) is 12.4. The minimum atomic E-state index is -4.86. The second-order valence-corrected chi connectivity index (χ2v) is 13.3. The molecule has 3 aromatic carbocycles. The number of nitrogens with zero attached hydrogens (tertiary/aromatic N) is 3. The number of rotatable bonds is 12. The van der Waals surface area contributed by atoms with Crippen LogP contribution in [-0.2, 0) is 42.4 Å². The molecule has 2 heterocycles. The van der Waals surface area contributed by atoms with E-state index in [0.29, 0.717) is 56.5 Å². The molecule has 0 radical (unpaired) electrons. The quantitative estimate of drug-likeness (QED) is 0.142. The number of aliphatic carboxylic acids is 1. The highest BCUT2D eigenvalue weighted by atomic mass is 19.4. The number of carbonyl (C=O) groups is 1. The van der Waals surface area contributed by atoms with Crippen molar-refractivity contribution in [3.05, 3.63) is 139 Å². The maximum absolute atomic E-state index is 15.2. The summed E-state index contributed by atoms with van der Waals surface area (Å²) in [6.07, 6.45) is -2.51. The number of hydrogen-bond donors (Lipinski definition) is 2. The van der Waals surface area contributed by atoms with Crippen molar-refractivity contribution in [1.82, 2.24) is 19.4 Å². The second kappa shape index (κ2) is 14.7. The Balaban J connectivity index is 1.42. The number of halogens is 4. The van der Waals surface area contributed by atoms with E-state index in [0.717, 1.165) is 34.9 Å². The summed E-state index contributed by atoms with van der Waals surface area (Å²) in [5.41, 5.74) is -0.979. The van der Waals surface area contributed by atoms with E-state index in [1.165, 1.54) is 10.1 Å². The first kappa shape index (κ1) is 35.3. The standard InChI is InChI=1S/C38H40F4N4O4/c39-30-14-7-13-29(38(40,41)42)28(30)24-45-32-16-17-37(18-21-44(22-19-37)23-26-9-3-1-4-10-26)34(32)35(49)46(36(45)50)25-31(27-11-5-2-6-12-27)43-20-8-15-33(47)48/h1-7,9-14,31,43H,8,15-25H2,(H,47,48). The van der Waals surface area contributed by atoms with Crippen LogP contribution < -0.4 is 16.6 Å². The summed E-state index contributed by atoms with van der Waals surface area (Å²) in [4.78, 5) is 42.4. The third-order valence-electron chi connectivity index (χ3n) is 10.2. The number of nitrogens with one attached hydrogen (secondary N) is 1. The molecule has 1 saturated heterocycles. The van der Waals surface area contributed by atoms with Gasteiger partial charge < -0.3 is 10.4 Å². The van der Waals surface area contributed by atoms with E-state index in [2.05, 4.69) is 22.3 Å². The van der Waals surface area contributed by atoms with Gasteiger partial charge in [0.25, 0.3) is 5.56 Å². The highest BCUT2D eigenvalue weighted by molar-refractivity contribution is 5.66. The lowest BCUT2D eigenvalue weighted by Crippen LogP contribution is -2.49. The van der Waals surface area contributed by atoms with Crippen LogP contribution in [0.5, 0.6) is 0 Å². The molecule has 50 heavy (non-hydrogen) atoms. The average Bonchev–Trinajstić information content (AvgIpc) is 3.46. The third kappa shape index (κ3) is 7.46. The normalized spacial score (nSPS) is 16.4. The van der Waals surface area contributed by atoms with Gasteiger partial charge in [0.1, 0.15) is 5.82 Å². The van der Waals surface area contributed by atoms with Crippen LogP contribution in [0.3, 0.4) is 0 Å². The van der Waals surface area contributed by atoms with Crippen molar-refractivity contribution >= 4 is 5.97 Å². The molecule has 6 rings (SSSR count). The smallest absolute Gasteiger partial charge is 0.416 e. The van der Waals surface area contributed by atoms with Crippen LogP contribution in [0.1, 0.15) is 71.7 Å². The molecule has 1 unspecified atom stereocenters. The molecule has 4 aromatic rings. The van der Waals surface area contributed by atoms with Crippen LogP contribution >= 0.6 is 0 Å². The van der Waals surface area contributed by atoms with Crippen molar-refractivity contribution in [3.63, 3.8) is 0 Å². The Labute approximate surface area is 287 Å². The van der Waals surface area contributed by atoms with Crippen LogP contribution in [0.2, 0.25) is 0 Å². The Morgan fingerprint density at radius 2 is 1.56 bits per heavy atom. The third-order valence-corrected chi connectivity index (χ3v) is 10.2. The van der Waals surface area contributed by atoms with Gasteiger partial charge in [0, 0.05) is 35.2 Å². The van der Waals surface area contributed by atoms with Crippen LogP contribution in [0.4, 0.5) is 17.6 Å². The molecule has 1 aliphatic heterocycles. The maximum atomic E-state index is 15.2. The molecule has 2 N–H and O–H groups in total. The molecule has 264 valence electrons. The molecular weight excluding hydrogens is 652 g/mol. The van der Waals surface area contributed by atoms with Gasteiger partial charge in [-0.05, 0) is 75.0 Å². The molecule has 2 aliphatic rings. The van der Waals surface area contributed by atoms with Crippen molar-refractivity contribution in [2.45, 2.75) is 75.8 Å². The Morgan fingerprint density at radius 3 is 2.22 bits per heavy atom. The first-order chi connectivity index (χ1) is 24.0. The molecule has 12 heteroatoms. The Kier molecular flexibility index (Phi) is 10.4. The van der Waals surface area contributed by atoms with Crippen molar-refractivity contribution in [1.29, 1.82) is 0 Å². The fourth-order valence-electron chi connectivity index (χ4n) is 7.64. The van der Waals surface area contributed by atoms with Crippen LogP contribution in [0, 0.1) is 5.82 Å². The van der Waals surface area contributed by atoms with Crippen molar-refractivity contribution < 1.29 is 27.5 Å². The van der Waals surface area contributed by atoms with E-state index < -0.39 is 58.3 Å². The van der Waals surface area contributed by atoms with E-state index in [1.807, 2.05) is 36.4 Å². The van der Waals surface area contributed by atoms with Crippen LogP contribution in [-0.4, -0.2) is 44.7 Å². The SMILES string of the molecule is O=C(O)CCCNC(Cn1c(=O)c2c(n(Cc3c(F)cccc3C(F)(F)F)c1=O)CCC21CCN(Cc2ccccc2)CC1)c1ccccc1. The van der Waals surface area contributed by atoms with Gasteiger partial charge in [-0.25, -0.2) is 9.18 Å². The van der Waals surface area contributed by atoms with Crippen LogP contribution in [0.25, 0.3) is 0 Å². The minimum Gasteiger partial charge on any atom is -0.481 e. The van der Waals surface area contributed by atoms with Gasteiger partial charge in [0.05, 0.1) is 24.7 Å². The molecule has 0 saturated carbocycles. The number of benzene rings is 3. The fraction of sp³-hybridized carbons (Fsp3) is 0.395. The molecule has 0 amide bonds. The number of fused-ring (bicyclic) bond motifs is 2. The van der Waals surface area contributed by atoms with Gasteiger partial charge in [-0.15, -0.1) is 0 Å². The number of carboxylic acids is 1. The second-order valence-electron chi connectivity index (χ2n) is 13.3. The highest BCUT2D eigenvalue weighted by Crippen LogP contribution is 2.45. The lowest BCUT2D eigenvalue weighted by Gasteiger charge is -2.40. The molecule has 8 nitrogen and oxygen atoms in total. The fourth-order valence-corrected chi connectivity index (χ4v) is 7.64. The first-order valence-electron chi connectivity index (χ1n) is 16.9. The van der Waals surface area contributed by atoms with Crippen molar-refractivity contribution in [2.75, 3.05) is 19.6 Å². The monoisotopic (exact) mass is 692 g/mol. The number of likely N-dealkylation sites (tertiary alicyclic amines) is 1. The zero-order valence-corrected chi connectivity index (χ0v) is 27.6. The van der Waals surface area contributed by atoms with E-state index in [-0.39, 0.29) is 19.5 Å². The maximum Gasteiger partial charge on any atom is 0.416 e. The molecule has 0 bridgehead atoms. The zero-order chi connectivity index (χ0) is 35.5. The van der Waals surface area contributed by atoms with E-state index in [9.17, 15) is 27.6 Å². The van der Waals surface area contributed by atoms with Gasteiger partial charge in [-0.2, -0.15) is 13.2 Å². The lowest BCUT2D eigenvalue weighted by atomic mass is 9.74. The summed E-state index contributed by atoms with van der Waals surface area (Å²) in [6.45, 7) is 1.58. The van der Waals surface area contributed by atoms with Gasteiger partial charge >= 0.3 is 17.8 Å². The molecule has 1 fully saturated rings.